The van der Waals surface area contributed by atoms with Crippen molar-refractivity contribution in [2.75, 3.05) is 0 Å². The lowest BCUT2D eigenvalue weighted by Crippen LogP contribution is -2.16. The molecule has 0 aliphatic carbocycles. The number of hydrogen-bond acceptors (Lipinski definition) is 3. The van der Waals surface area contributed by atoms with E-state index in [1.807, 2.05) is 66.7 Å². The average Bonchev–Trinajstić information content (AvgIpc) is 3.11. The fourth-order valence-corrected chi connectivity index (χ4v) is 4.53. The smallest absolute Gasteiger partial charge is 0.410 e. The second kappa shape index (κ2) is 7.49. The van der Waals surface area contributed by atoms with E-state index in [0.717, 1.165) is 31.6 Å². The summed E-state index contributed by atoms with van der Waals surface area (Å²) in [4.78, 5) is 15.4. The van der Waals surface area contributed by atoms with Crippen LogP contribution >= 0.6 is 11.8 Å². The Kier molecular flexibility index (Phi) is 4.54. The first-order chi connectivity index (χ1) is 14.3. The van der Waals surface area contributed by atoms with Crippen molar-refractivity contribution in [3.8, 4) is 5.75 Å². The summed E-state index contributed by atoms with van der Waals surface area (Å²) in [6.45, 7) is 0. The Balaban J connectivity index is 1.68. The topological polar surface area (TPSA) is 31.2 Å². The Morgan fingerprint density at radius 1 is 0.690 bits per heavy atom. The number of ether oxygens (including phenoxy) is 1. The van der Waals surface area contributed by atoms with E-state index >= 15 is 0 Å². The Labute approximate surface area is 172 Å². The standard InChI is InChI=1S/C25H17NO2S/c27-25(28-18-10-3-1-4-11-18)26-21-15-8-7-14-20(21)24-22(26)16-9-17-23(24)29-19-12-5-2-6-13-19/h1-17H. The minimum Gasteiger partial charge on any atom is -0.410 e. The summed E-state index contributed by atoms with van der Waals surface area (Å²) < 4.78 is 7.31. The molecule has 3 nitrogen and oxygen atoms in total. The van der Waals surface area contributed by atoms with Crippen LogP contribution in [0.5, 0.6) is 5.75 Å². The molecule has 1 aromatic heterocycles. The molecule has 0 radical (unpaired) electrons. The van der Waals surface area contributed by atoms with Crippen molar-refractivity contribution in [1.82, 2.24) is 4.57 Å². The van der Waals surface area contributed by atoms with Crippen molar-refractivity contribution in [1.29, 1.82) is 0 Å². The van der Waals surface area contributed by atoms with Crippen LogP contribution in [0.4, 0.5) is 4.79 Å². The number of hydrogen-bond donors (Lipinski definition) is 0. The highest BCUT2D eigenvalue weighted by Crippen LogP contribution is 2.39. The molecule has 140 valence electrons. The molecule has 5 aromatic rings. The molecule has 1 heterocycles. The molecule has 0 atom stereocenters. The van der Waals surface area contributed by atoms with Gasteiger partial charge in [-0.25, -0.2) is 9.36 Å². The largest absolute Gasteiger partial charge is 0.424 e. The molecular weight excluding hydrogens is 378 g/mol. The van der Waals surface area contributed by atoms with E-state index < -0.39 is 6.09 Å². The molecule has 0 amide bonds. The van der Waals surface area contributed by atoms with Crippen LogP contribution in [0.15, 0.2) is 113 Å². The summed E-state index contributed by atoms with van der Waals surface area (Å²) >= 11 is 1.70. The van der Waals surface area contributed by atoms with Crippen LogP contribution in [-0.2, 0) is 0 Å². The van der Waals surface area contributed by atoms with Gasteiger partial charge in [-0.3, -0.25) is 0 Å². The van der Waals surface area contributed by atoms with Crippen LogP contribution in [0.1, 0.15) is 0 Å². The third-order valence-corrected chi connectivity index (χ3v) is 5.83. The predicted octanol–water partition coefficient (Wildman–Crippen LogP) is 6.99. The van der Waals surface area contributed by atoms with Crippen LogP contribution in [0.25, 0.3) is 21.8 Å². The van der Waals surface area contributed by atoms with Crippen molar-refractivity contribution < 1.29 is 9.53 Å². The molecule has 4 aromatic carbocycles. The van der Waals surface area contributed by atoms with Gasteiger partial charge in [0.15, 0.2) is 0 Å². The molecule has 0 N–H and O–H groups in total. The van der Waals surface area contributed by atoms with Gasteiger partial charge in [-0.1, -0.05) is 72.4 Å². The molecule has 0 saturated heterocycles. The Bertz CT molecular complexity index is 1310. The van der Waals surface area contributed by atoms with E-state index in [-0.39, 0.29) is 0 Å². The first-order valence-corrected chi connectivity index (χ1v) is 10.2. The third-order valence-electron chi connectivity index (χ3n) is 4.76. The number of para-hydroxylation sites is 2. The lowest BCUT2D eigenvalue weighted by atomic mass is 10.1. The zero-order valence-corrected chi connectivity index (χ0v) is 16.3. The highest BCUT2D eigenvalue weighted by molar-refractivity contribution is 7.99. The van der Waals surface area contributed by atoms with Gasteiger partial charge in [0.1, 0.15) is 5.75 Å². The number of fused-ring (bicyclic) bond motifs is 3. The number of carbonyl (C=O) groups is 1. The van der Waals surface area contributed by atoms with Gasteiger partial charge < -0.3 is 4.74 Å². The minimum absolute atomic E-state index is 0.413. The maximum Gasteiger partial charge on any atom is 0.424 e. The van der Waals surface area contributed by atoms with E-state index in [2.05, 4.69) is 24.3 Å². The van der Waals surface area contributed by atoms with E-state index in [0.29, 0.717) is 5.75 Å². The minimum atomic E-state index is -0.413. The highest BCUT2D eigenvalue weighted by atomic mass is 32.2. The van der Waals surface area contributed by atoms with Crippen molar-refractivity contribution >= 4 is 39.7 Å². The number of nitrogens with zero attached hydrogens (tertiary/aromatic N) is 1. The summed E-state index contributed by atoms with van der Waals surface area (Å²) in [5, 5.41) is 2.09. The van der Waals surface area contributed by atoms with Gasteiger partial charge in [-0.15, -0.1) is 0 Å². The van der Waals surface area contributed by atoms with Gasteiger partial charge in [-0.2, -0.15) is 0 Å². The molecule has 0 aliphatic heterocycles. The lowest BCUT2D eigenvalue weighted by Gasteiger charge is -2.08. The van der Waals surface area contributed by atoms with Crippen molar-refractivity contribution in [3.63, 3.8) is 0 Å². The molecule has 0 aliphatic rings. The fraction of sp³-hybridized carbons (Fsp3) is 0. The average molecular weight is 395 g/mol. The normalized spacial score (nSPS) is 11.0. The molecular formula is C25H17NO2S. The zero-order chi connectivity index (χ0) is 19.6. The van der Waals surface area contributed by atoms with E-state index in [1.165, 1.54) is 0 Å². The molecule has 0 fully saturated rings. The first kappa shape index (κ1) is 17.6. The predicted molar refractivity (Wildman–Crippen MR) is 118 cm³/mol. The summed E-state index contributed by atoms with van der Waals surface area (Å²) in [7, 11) is 0. The van der Waals surface area contributed by atoms with E-state index in [9.17, 15) is 4.79 Å². The summed E-state index contributed by atoms with van der Waals surface area (Å²) in [5.74, 6) is 0.526. The maximum absolute atomic E-state index is 13.1. The van der Waals surface area contributed by atoms with Crippen LogP contribution in [0.2, 0.25) is 0 Å². The van der Waals surface area contributed by atoms with Gasteiger partial charge in [-0.05, 0) is 42.5 Å². The maximum atomic E-state index is 13.1. The molecule has 0 bridgehead atoms. The molecule has 0 spiro atoms. The second-order valence-corrected chi connectivity index (χ2v) is 7.71. The summed E-state index contributed by atoms with van der Waals surface area (Å²) in [5.41, 5.74) is 1.68. The van der Waals surface area contributed by atoms with Gasteiger partial charge in [0.25, 0.3) is 0 Å². The number of aromatic nitrogens is 1. The first-order valence-electron chi connectivity index (χ1n) is 9.33. The molecule has 4 heteroatoms. The number of rotatable bonds is 3. The molecule has 0 saturated carbocycles. The van der Waals surface area contributed by atoms with Crippen LogP contribution in [0.3, 0.4) is 0 Å². The zero-order valence-electron chi connectivity index (χ0n) is 15.5. The highest BCUT2D eigenvalue weighted by Gasteiger charge is 2.19. The van der Waals surface area contributed by atoms with Crippen molar-refractivity contribution in [3.05, 3.63) is 103 Å². The Hall–Kier alpha value is -3.50. The number of benzene rings is 4. The number of carbonyl (C=O) groups excluding carboxylic acids is 1. The Morgan fingerprint density at radius 2 is 1.34 bits per heavy atom. The lowest BCUT2D eigenvalue weighted by molar-refractivity contribution is 0.204. The fourth-order valence-electron chi connectivity index (χ4n) is 3.52. The third kappa shape index (κ3) is 3.28. The van der Waals surface area contributed by atoms with Gasteiger partial charge in [0.05, 0.1) is 11.0 Å². The summed E-state index contributed by atoms with van der Waals surface area (Å²) in [6, 6.07) is 33.4. The van der Waals surface area contributed by atoms with Gasteiger partial charge in [0, 0.05) is 20.6 Å². The van der Waals surface area contributed by atoms with Crippen molar-refractivity contribution in [2.24, 2.45) is 0 Å². The molecule has 5 rings (SSSR count). The van der Waals surface area contributed by atoms with Crippen molar-refractivity contribution in [2.45, 2.75) is 9.79 Å². The van der Waals surface area contributed by atoms with Gasteiger partial charge in [0.2, 0.25) is 0 Å². The second-order valence-electron chi connectivity index (χ2n) is 6.60. The molecule has 0 unspecified atom stereocenters. The monoisotopic (exact) mass is 395 g/mol. The Morgan fingerprint density at radius 3 is 2.14 bits per heavy atom. The van der Waals surface area contributed by atoms with E-state index in [4.69, 9.17) is 4.74 Å². The van der Waals surface area contributed by atoms with Crippen LogP contribution in [-0.4, -0.2) is 10.7 Å². The summed E-state index contributed by atoms with van der Waals surface area (Å²) in [6.07, 6.45) is -0.413. The molecule has 29 heavy (non-hydrogen) atoms. The van der Waals surface area contributed by atoms with Crippen LogP contribution in [0, 0.1) is 0 Å². The van der Waals surface area contributed by atoms with E-state index in [1.54, 1.807) is 28.5 Å². The SMILES string of the molecule is O=C(Oc1ccccc1)n1c2ccccc2c2c(Sc3ccccc3)cccc21. The quantitative estimate of drug-likeness (QED) is 0.330. The van der Waals surface area contributed by atoms with Gasteiger partial charge >= 0.3 is 6.09 Å². The van der Waals surface area contributed by atoms with Crippen LogP contribution < -0.4 is 4.74 Å².